The van der Waals surface area contributed by atoms with Gasteiger partial charge >= 0.3 is 0 Å². The van der Waals surface area contributed by atoms with Crippen LogP contribution in [-0.4, -0.2) is 23.0 Å². The molecule has 0 atom stereocenters. The first kappa shape index (κ1) is 11.6. The third-order valence-corrected chi connectivity index (χ3v) is 4.28. The van der Waals surface area contributed by atoms with Crippen LogP contribution in [0.1, 0.15) is 49.4 Å². The molecule has 18 heavy (non-hydrogen) atoms. The van der Waals surface area contributed by atoms with Gasteiger partial charge in [0.1, 0.15) is 5.66 Å². The Morgan fingerprint density at radius 3 is 2.67 bits per heavy atom. The molecule has 1 saturated carbocycles. The van der Waals surface area contributed by atoms with Gasteiger partial charge in [-0.15, -0.1) is 0 Å². The van der Waals surface area contributed by atoms with Crippen LogP contribution < -0.4 is 5.32 Å². The number of rotatable bonds is 1. The van der Waals surface area contributed by atoms with Crippen molar-refractivity contribution in [3.05, 3.63) is 29.8 Å². The number of amides is 1. The van der Waals surface area contributed by atoms with Crippen LogP contribution in [0.5, 0.6) is 0 Å². The molecule has 3 rings (SSSR count). The van der Waals surface area contributed by atoms with Gasteiger partial charge in [0.25, 0.3) is 5.91 Å². The van der Waals surface area contributed by atoms with Crippen molar-refractivity contribution in [1.82, 2.24) is 4.90 Å². The molecule has 96 valence electrons. The van der Waals surface area contributed by atoms with E-state index < -0.39 is 0 Å². The molecule has 1 N–H and O–H groups in total. The van der Waals surface area contributed by atoms with Gasteiger partial charge in [-0.25, -0.2) is 0 Å². The summed E-state index contributed by atoms with van der Waals surface area (Å²) in [5.41, 5.74) is 1.70. The second kappa shape index (κ2) is 4.30. The number of nitrogens with one attached hydrogen (secondary N) is 1. The molecule has 1 fully saturated rings. The van der Waals surface area contributed by atoms with Crippen LogP contribution in [0.15, 0.2) is 24.3 Å². The summed E-state index contributed by atoms with van der Waals surface area (Å²) in [7, 11) is 0. The topological polar surface area (TPSA) is 32.3 Å². The third-order valence-electron chi connectivity index (χ3n) is 4.28. The lowest BCUT2D eigenvalue weighted by Crippen LogP contribution is -2.60. The SMILES string of the molecule is CCN1C(=O)c2ccccc2NC12CCCCC2. The molecule has 0 bridgehead atoms. The minimum Gasteiger partial charge on any atom is -0.362 e. The number of carbonyl (C=O) groups is 1. The minimum atomic E-state index is -0.127. The highest BCUT2D eigenvalue weighted by Gasteiger charge is 2.44. The van der Waals surface area contributed by atoms with Crippen LogP contribution in [0.2, 0.25) is 0 Å². The third kappa shape index (κ3) is 1.61. The predicted molar refractivity (Wildman–Crippen MR) is 72.6 cm³/mol. The number of hydrogen-bond donors (Lipinski definition) is 1. The summed E-state index contributed by atoms with van der Waals surface area (Å²) in [4.78, 5) is 14.6. The Morgan fingerprint density at radius 2 is 1.94 bits per heavy atom. The van der Waals surface area contributed by atoms with Crippen LogP contribution in [0.25, 0.3) is 0 Å². The van der Waals surface area contributed by atoms with Crippen molar-refractivity contribution in [1.29, 1.82) is 0 Å². The van der Waals surface area contributed by atoms with E-state index in [1.807, 2.05) is 29.2 Å². The lowest BCUT2D eigenvalue weighted by Gasteiger charge is -2.50. The monoisotopic (exact) mass is 244 g/mol. The molecule has 0 aromatic heterocycles. The summed E-state index contributed by atoms with van der Waals surface area (Å²) in [5, 5.41) is 3.65. The molecule has 1 amide bonds. The summed E-state index contributed by atoms with van der Waals surface area (Å²) < 4.78 is 0. The van der Waals surface area contributed by atoms with Crippen molar-refractivity contribution < 1.29 is 4.79 Å². The number of para-hydroxylation sites is 1. The summed E-state index contributed by atoms with van der Waals surface area (Å²) in [6.45, 7) is 2.85. The zero-order valence-corrected chi connectivity index (χ0v) is 10.9. The molecule has 1 aliphatic heterocycles. The molecule has 3 nitrogen and oxygen atoms in total. The number of benzene rings is 1. The van der Waals surface area contributed by atoms with Crippen LogP contribution in [-0.2, 0) is 0 Å². The van der Waals surface area contributed by atoms with Crippen molar-refractivity contribution in [3.8, 4) is 0 Å². The molecule has 1 aromatic rings. The Morgan fingerprint density at radius 1 is 1.22 bits per heavy atom. The molecule has 1 heterocycles. The molecule has 0 radical (unpaired) electrons. The lowest BCUT2D eigenvalue weighted by molar-refractivity contribution is 0.0419. The fraction of sp³-hybridized carbons (Fsp3) is 0.533. The molecule has 2 aliphatic rings. The fourth-order valence-electron chi connectivity index (χ4n) is 3.41. The zero-order chi connectivity index (χ0) is 12.6. The molecular formula is C15H20N2O. The van der Waals surface area contributed by atoms with Gasteiger partial charge in [-0.05, 0) is 44.7 Å². The van der Waals surface area contributed by atoms with Crippen molar-refractivity contribution in [2.45, 2.75) is 44.7 Å². The minimum absolute atomic E-state index is 0.127. The maximum Gasteiger partial charge on any atom is 0.257 e. The number of anilines is 1. The first-order valence-electron chi connectivity index (χ1n) is 6.96. The van der Waals surface area contributed by atoms with E-state index >= 15 is 0 Å². The van der Waals surface area contributed by atoms with Gasteiger partial charge in [0.15, 0.2) is 0 Å². The van der Waals surface area contributed by atoms with Gasteiger partial charge in [-0.3, -0.25) is 4.79 Å². The first-order chi connectivity index (χ1) is 8.77. The van der Waals surface area contributed by atoms with Crippen molar-refractivity contribution in [3.63, 3.8) is 0 Å². The Kier molecular flexibility index (Phi) is 2.77. The molecule has 0 unspecified atom stereocenters. The maximum atomic E-state index is 12.6. The van der Waals surface area contributed by atoms with Crippen LogP contribution in [0.3, 0.4) is 0 Å². The van der Waals surface area contributed by atoms with Gasteiger partial charge in [0.2, 0.25) is 0 Å². The largest absolute Gasteiger partial charge is 0.362 e. The van der Waals surface area contributed by atoms with E-state index in [1.54, 1.807) is 0 Å². The van der Waals surface area contributed by atoms with E-state index in [4.69, 9.17) is 0 Å². The van der Waals surface area contributed by atoms with E-state index in [-0.39, 0.29) is 11.6 Å². The molecule has 1 spiro atoms. The predicted octanol–water partition coefficient (Wildman–Crippen LogP) is 3.23. The number of carbonyl (C=O) groups excluding carboxylic acids is 1. The summed E-state index contributed by atoms with van der Waals surface area (Å²) in [6, 6.07) is 7.88. The Bertz CT molecular complexity index is 463. The van der Waals surface area contributed by atoms with Gasteiger partial charge in [-0.1, -0.05) is 18.6 Å². The molecular weight excluding hydrogens is 224 g/mol. The van der Waals surface area contributed by atoms with E-state index in [0.717, 1.165) is 30.6 Å². The summed E-state index contributed by atoms with van der Waals surface area (Å²) in [6.07, 6.45) is 5.84. The second-order valence-corrected chi connectivity index (χ2v) is 5.31. The van der Waals surface area contributed by atoms with Crippen LogP contribution >= 0.6 is 0 Å². The second-order valence-electron chi connectivity index (χ2n) is 5.31. The zero-order valence-electron chi connectivity index (χ0n) is 10.9. The average molecular weight is 244 g/mol. The van der Waals surface area contributed by atoms with Gasteiger partial charge in [-0.2, -0.15) is 0 Å². The first-order valence-corrected chi connectivity index (χ1v) is 6.96. The fourth-order valence-corrected chi connectivity index (χ4v) is 3.41. The average Bonchev–Trinajstić information content (AvgIpc) is 2.40. The summed E-state index contributed by atoms with van der Waals surface area (Å²) in [5.74, 6) is 0.189. The van der Waals surface area contributed by atoms with Gasteiger partial charge in [0.05, 0.1) is 5.56 Å². The highest BCUT2D eigenvalue weighted by atomic mass is 16.2. The van der Waals surface area contributed by atoms with Crippen LogP contribution in [0, 0.1) is 0 Å². The number of fused-ring (bicyclic) bond motifs is 1. The summed E-state index contributed by atoms with van der Waals surface area (Å²) >= 11 is 0. The van der Waals surface area contributed by atoms with E-state index in [0.29, 0.717) is 0 Å². The van der Waals surface area contributed by atoms with Crippen molar-refractivity contribution in [2.75, 3.05) is 11.9 Å². The highest BCUT2D eigenvalue weighted by molar-refractivity contribution is 6.02. The standard InChI is InChI=1S/C15H20N2O/c1-2-17-14(18)12-8-4-5-9-13(12)16-15(17)10-6-3-7-11-15/h4-5,8-9,16H,2-3,6-7,10-11H2,1H3. The Hall–Kier alpha value is -1.51. The molecule has 1 aliphatic carbocycles. The number of nitrogens with zero attached hydrogens (tertiary/aromatic N) is 1. The quantitative estimate of drug-likeness (QED) is 0.822. The Labute approximate surface area is 108 Å². The Balaban J connectivity index is 2.04. The van der Waals surface area contributed by atoms with E-state index in [9.17, 15) is 4.79 Å². The molecule has 3 heteroatoms. The molecule has 0 saturated heterocycles. The number of hydrogen-bond acceptors (Lipinski definition) is 2. The maximum absolute atomic E-state index is 12.6. The van der Waals surface area contributed by atoms with E-state index in [1.165, 1.54) is 19.3 Å². The van der Waals surface area contributed by atoms with Crippen molar-refractivity contribution >= 4 is 11.6 Å². The normalized spacial score (nSPS) is 21.6. The highest BCUT2D eigenvalue weighted by Crippen LogP contribution is 2.39. The van der Waals surface area contributed by atoms with Gasteiger partial charge < -0.3 is 10.2 Å². The van der Waals surface area contributed by atoms with Crippen LogP contribution in [0.4, 0.5) is 5.69 Å². The lowest BCUT2D eigenvalue weighted by atomic mass is 9.84. The van der Waals surface area contributed by atoms with Gasteiger partial charge in [0, 0.05) is 12.2 Å². The smallest absolute Gasteiger partial charge is 0.257 e. The van der Waals surface area contributed by atoms with E-state index in [2.05, 4.69) is 12.2 Å². The van der Waals surface area contributed by atoms with Crippen molar-refractivity contribution in [2.24, 2.45) is 0 Å². The molecule has 1 aromatic carbocycles.